The fraction of sp³-hybridized carbons (Fsp3) is 0.250. The van der Waals surface area contributed by atoms with Gasteiger partial charge in [-0.2, -0.15) is 5.10 Å². The monoisotopic (exact) mass is 360 g/mol. The van der Waals surface area contributed by atoms with Gasteiger partial charge in [-0.3, -0.25) is 0 Å². The first kappa shape index (κ1) is 12.8. The Bertz CT molecular complexity index is 598. The third-order valence-corrected chi connectivity index (χ3v) is 4.25. The highest BCUT2D eigenvalue weighted by Gasteiger charge is 2.09. The molecule has 0 amide bonds. The van der Waals surface area contributed by atoms with Crippen molar-refractivity contribution in [2.24, 2.45) is 0 Å². The second-order valence-corrected chi connectivity index (χ2v) is 5.59. The van der Waals surface area contributed by atoms with Crippen LogP contribution in [0, 0.1) is 17.7 Å². The molecule has 2 aromatic rings. The van der Waals surface area contributed by atoms with Gasteiger partial charge < -0.3 is 0 Å². The van der Waals surface area contributed by atoms with Gasteiger partial charge in [0.15, 0.2) is 0 Å². The van der Waals surface area contributed by atoms with Crippen LogP contribution < -0.4 is 0 Å². The summed E-state index contributed by atoms with van der Waals surface area (Å²) >= 11 is 2.22. The number of rotatable bonds is 2. The van der Waals surface area contributed by atoms with Crippen LogP contribution in [0.5, 0.6) is 0 Å². The Balaban J connectivity index is 2.48. The van der Waals surface area contributed by atoms with Crippen molar-refractivity contribution >= 4 is 39.3 Å². The summed E-state index contributed by atoms with van der Waals surface area (Å²) in [5.41, 5.74) is 1.29. The maximum absolute atomic E-state index is 14.1. The Hall–Kier alpha value is -0.660. The lowest BCUT2D eigenvalue weighted by molar-refractivity contribution is 0.636. The quantitative estimate of drug-likeness (QED) is 0.448. The van der Waals surface area contributed by atoms with E-state index in [0.29, 0.717) is 17.3 Å². The molecule has 2 nitrogen and oxygen atoms in total. The van der Waals surface area contributed by atoms with Gasteiger partial charge in [0, 0.05) is 6.42 Å². The van der Waals surface area contributed by atoms with E-state index in [1.54, 1.807) is 16.7 Å². The Kier molecular flexibility index (Phi) is 4.36. The molecular formula is C12H11FIN2P. The fourth-order valence-corrected chi connectivity index (χ4v) is 3.06. The fourth-order valence-electron chi connectivity index (χ4n) is 1.51. The van der Waals surface area contributed by atoms with Gasteiger partial charge in [0.2, 0.25) is 0 Å². The molecule has 17 heavy (non-hydrogen) atoms. The lowest BCUT2D eigenvalue weighted by Gasteiger charge is -1.99. The average Bonchev–Trinajstić information content (AvgIpc) is 2.76. The molecule has 0 aliphatic heterocycles. The first-order chi connectivity index (χ1) is 8.27. The lowest BCUT2D eigenvalue weighted by Crippen LogP contribution is -1.86. The number of unbranched alkanes of at least 4 members (excludes halogenated alkanes) is 1. The SMILES string of the molecule is CCCC#Cc1ccc2c(cnn2PI)c1F. The minimum absolute atomic E-state index is 0.257. The van der Waals surface area contributed by atoms with Gasteiger partial charge in [-0.25, -0.2) is 8.84 Å². The van der Waals surface area contributed by atoms with Gasteiger partial charge in [-0.15, -0.1) is 0 Å². The molecule has 1 aromatic carbocycles. The van der Waals surface area contributed by atoms with Crippen molar-refractivity contribution in [2.45, 2.75) is 19.8 Å². The van der Waals surface area contributed by atoms with Gasteiger partial charge in [-0.1, -0.05) is 18.8 Å². The van der Waals surface area contributed by atoms with Crippen LogP contribution >= 0.6 is 28.4 Å². The van der Waals surface area contributed by atoms with Crippen LogP contribution in [0.2, 0.25) is 0 Å². The minimum atomic E-state index is -0.257. The molecule has 88 valence electrons. The maximum Gasteiger partial charge on any atom is 0.149 e. The smallest absolute Gasteiger partial charge is 0.149 e. The van der Waals surface area contributed by atoms with Crippen LogP contribution in [0.15, 0.2) is 18.3 Å². The van der Waals surface area contributed by atoms with Crippen molar-refractivity contribution < 1.29 is 4.39 Å². The number of halogens is 2. The predicted octanol–water partition coefficient (Wildman–Crippen LogP) is 4.12. The van der Waals surface area contributed by atoms with E-state index in [1.807, 2.05) is 6.07 Å². The van der Waals surface area contributed by atoms with Gasteiger partial charge in [0.1, 0.15) is 5.82 Å². The summed E-state index contributed by atoms with van der Waals surface area (Å²) < 4.78 is 15.9. The van der Waals surface area contributed by atoms with Crippen molar-refractivity contribution in [3.05, 3.63) is 29.7 Å². The third-order valence-electron chi connectivity index (χ3n) is 2.37. The van der Waals surface area contributed by atoms with Crippen LogP contribution in [0.3, 0.4) is 0 Å². The second-order valence-electron chi connectivity index (χ2n) is 3.55. The molecule has 0 saturated heterocycles. The number of hydrogen-bond donors (Lipinski definition) is 0. The molecule has 0 N–H and O–H groups in total. The number of fused-ring (bicyclic) bond motifs is 1. The number of hydrogen-bond acceptors (Lipinski definition) is 1. The zero-order chi connectivity index (χ0) is 12.3. The molecule has 1 aromatic heterocycles. The van der Waals surface area contributed by atoms with E-state index in [2.05, 4.69) is 45.9 Å². The molecule has 0 aliphatic rings. The highest BCUT2D eigenvalue weighted by atomic mass is 127. The Labute approximate surface area is 114 Å². The summed E-state index contributed by atoms with van der Waals surface area (Å²) in [5.74, 6) is 5.57. The zero-order valence-electron chi connectivity index (χ0n) is 9.30. The van der Waals surface area contributed by atoms with Crippen molar-refractivity contribution in [3.8, 4) is 11.8 Å². The van der Waals surface area contributed by atoms with Gasteiger partial charge >= 0.3 is 0 Å². The van der Waals surface area contributed by atoms with E-state index in [1.165, 1.54) is 0 Å². The normalized spacial score (nSPS) is 11.0. The first-order valence-electron chi connectivity index (χ1n) is 5.29. The molecule has 0 bridgehead atoms. The molecule has 1 atom stereocenters. The summed E-state index contributed by atoms with van der Waals surface area (Å²) in [6.45, 7) is 2.06. The van der Waals surface area contributed by atoms with E-state index in [-0.39, 0.29) is 5.82 Å². The third kappa shape index (κ3) is 2.61. The topological polar surface area (TPSA) is 17.8 Å². The highest BCUT2D eigenvalue weighted by molar-refractivity contribution is 14.2. The summed E-state index contributed by atoms with van der Waals surface area (Å²) in [4.78, 5) is 0. The summed E-state index contributed by atoms with van der Waals surface area (Å²) in [6, 6.07) is 3.61. The Morgan fingerprint density at radius 2 is 2.35 bits per heavy atom. The summed E-state index contributed by atoms with van der Waals surface area (Å²) in [6.07, 6.45) is 3.83. The summed E-state index contributed by atoms with van der Waals surface area (Å²) in [5, 5.41) is 4.70. The van der Waals surface area contributed by atoms with Crippen LogP contribution in [0.1, 0.15) is 25.3 Å². The van der Waals surface area contributed by atoms with E-state index < -0.39 is 0 Å². The molecule has 0 aliphatic carbocycles. The highest BCUT2D eigenvalue weighted by Crippen LogP contribution is 2.29. The molecule has 1 heterocycles. The van der Waals surface area contributed by atoms with Crippen molar-refractivity contribution in [1.82, 2.24) is 9.55 Å². The largest absolute Gasteiger partial charge is 0.237 e. The van der Waals surface area contributed by atoms with Gasteiger partial charge in [0.05, 0.1) is 29.0 Å². The van der Waals surface area contributed by atoms with Crippen LogP contribution in [0.25, 0.3) is 10.9 Å². The zero-order valence-corrected chi connectivity index (χ0v) is 12.5. The number of aromatic nitrogens is 2. The lowest BCUT2D eigenvalue weighted by atomic mass is 10.1. The van der Waals surface area contributed by atoms with E-state index in [9.17, 15) is 4.39 Å². The standard InChI is InChI=1S/C12H11FIN2P/c1-2-3-4-5-9-6-7-11-10(12(9)13)8-15-16(11)17-14/h6-8,17H,2-3H2,1H3. The van der Waals surface area contributed by atoms with Crippen molar-refractivity contribution in [2.75, 3.05) is 0 Å². The van der Waals surface area contributed by atoms with Crippen molar-refractivity contribution in [1.29, 1.82) is 0 Å². The maximum atomic E-state index is 14.1. The molecule has 0 fully saturated rings. The Morgan fingerprint density at radius 3 is 3.06 bits per heavy atom. The number of nitrogens with zero attached hydrogens (tertiary/aromatic N) is 2. The van der Waals surface area contributed by atoms with E-state index in [4.69, 9.17) is 0 Å². The van der Waals surface area contributed by atoms with Gasteiger partial charge in [0.25, 0.3) is 0 Å². The van der Waals surface area contributed by atoms with E-state index in [0.717, 1.165) is 18.4 Å². The second kappa shape index (κ2) is 5.79. The molecule has 2 rings (SSSR count). The Morgan fingerprint density at radius 1 is 1.53 bits per heavy atom. The van der Waals surface area contributed by atoms with Gasteiger partial charge in [-0.05, 0) is 40.6 Å². The summed E-state index contributed by atoms with van der Waals surface area (Å²) in [7, 11) is 0. The predicted molar refractivity (Wildman–Crippen MR) is 79.2 cm³/mol. The first-order valence-corrected chi connectivity index (χ1v) is 9.35. The molecule has 1 unspecified atom stereocenters. The molecule has 0 radical (unpaired) electrons. The van der Waals surface area contributed by atoms with Crippen LogP contribution in [-0.4, -0.2) is 9.55 Å². The average molecular weight is 360 g/mol. The molecule has 0 spiro atoms. The molecular weight excluding hydrogens is 349 g/mol. The van der Waals surface area contributed by atoms with Crippen LogP contribution in [-0.2, 0) is 0 Å². The number of benzene rings is 1. The van der Waals surface area contributed by atoms with E-state index >= 15 is 0 Å². The minimum Gasteiger partial charge on any atom is -0.237 e. The molecule has 0 saturated carbocycles. The molecule has 5 heteroatoms. The van der Waals surface area contributed by atoms with Crippen LogP contribution in [0.4, 0.5) is 4.39 Å². The van der Waals surface area contributed by atoms with Crippen molar-refractivity contribution in [3.63, 3.8) is 0 Å².